The molecule has 4 saturated carbocycles. The monoisotopic (exact) mass is 429 g/mol. The topological polar surface area (TPSA) is 70.7 Å². The molecular weight excluding hydrogens is 398 g/mol. The van der Waals surface area contributed by atoms with Crippen molar-refractivity contribution in [3.8, 4) is 5.75 Å². The number of amides is 2. The molecule has 7 heteroatoms. The Kier molecular flexibility index (Phi) is 5.67. The maximum absolute atomic E-state index is 12.6. The van der Waals surface area contributed by atoms with E-state index in [1.807, 2.05) is 29.2 Å². The molecule has 4 aliphatic carbocycles. The fourth-order valence-corrected chi connectivity index (χ4v) is 7.20. The first kappa shape index (κ1) is 20.2. The Balaban J connectivity index is 1.11. The number of piperazine rings is 1. The van der Waals surface area contributed by atoms with Crippen LogP contribution in [0.3, 0.4) is 0 Å². The zero-order chi connectivity index (χ0) is 20.6. The van der Waals surface area contributed by atoms with Crippen LogP contribution < -0.4 is 15.4 Å². The van der Waals surface area contributed by atoms with Crippen molar-refractivity contribution in [3.63, 3.8) is 0 Å². The summed E-state index contributed by atoms with van der Waals surface area (Å²) in [6.07, 6.45) is 7.08. The Morgan fingerprint density at radius 3 is 2.23 bits per heavy atom. The molecule has 30 heavy (non-hydrogen) atoms. The molecule has 0 aromatic heterocycles. The van der Waals surface area contributed by atoms with E-state index in [2.05, 4.69) is 10.6 Å². The number of nitrogens with zero attached hydrogens (tertiary/aromatic N) is 1. The van der Waals surface area contributed by atoms with Crippen LogP contribution in [-0.4, -0.2) is 48.0 Å². The third kappa shape index (κ3) is 4.47. The van der Waals surface area contributed by atoms with Crippen molar-refractivity contribution in [1.29, 1.82) is 0 Å². The van der Waals surface area contributed by atoms with Gasteiger partial charge in [-0.1, -0.05) is 23.9 Å². The largest absolute Gasteiger partial charge is 0.413 e. The lowest BCUT2D eigenvalue weighted by Crippen LogP contribution is -2.60. The van der Waals surface area contributed by atoms with Gasteiger partial charge in [-0.2, -0.15) is 0 Å². The van der Waals surface area contributed by atoms with Crippen LogP contribution in [0.5, 0.6) is 5.75 Å². The minimum absolute atomic E-state index is 0.0350. The highest BCUT2D eigenvalue weighted by molar-refractivity contribution is 8.12. The lowest BCUT2D eigenvalue weighted by atomic mass is 9.53. The quantitative estimate of drug-likeness (QED) is 0.757. The van der Waals surface area contributed by atoms with Crippen molar-refractivity contribution in [1.82, 2.24) is 15.5 Å². The molecule has 2 amide bonds. The maximum Gasteiger partial charge on any atom is 0.413 e. The number of carbonyl (C=O) groups excluding carboxylic acids is 2. The second-order valence-electron chi connectivity index (χ2n) is 9.65. The summed E-state index contributed by atoms with van der Waals surface area (Å²) in [5, 5.41) is 6.63. The number of nitrogens with one attached hydrogen (secondary N) is 2. The Morgan fingerprint density at radius 1 is 1.03 bits per heavy atom. The van der Waals surface area contributed by atoms with Crippen molar-refractivity contribution in [2.45, 2.75) is 49.8 Å². The summed E-state index contributed by atoms with van der Waals surface area (Å²) in [5.41, 5.74) is 1.02. The first-order chi connectivity index (χ1) is 14.6. The summed E-state index contributed by atoms with van der Waals surface area (Å²) in [6, 6.07) is 7.52. The number of hydrogen-bond donors (Lipinski definition) is 2. The molecule has 1 aliphatic heterocycles. The Labute approximate surface area is 182 Å². The van der Waals surface area contributed by atoms with Crippen molar-refractivity contribution < 1.29 is 14.3 Å². The van der Waals surface area contributed by atoms with Gasteiger partial charge in [0.2, 0.25) is 0 Å². The Hall–Kier alpha value is -1.73. The average molecular weight is 430 g/mol. The molecule has 5 aliphatic rings. The van der Waals surface area contributed by atoms with Gasteiger partial charge in [0, 0.05) is 37.5 Å². The van der Waals surface area contributed by atoms with E-state index in [1.54, 1.807) is 0 Å². The smallest absolute Gasteiger partial charge is 0.410 e. The highest BCUT2D eigenvalue weighted by atomic mass is 32.2. The fourth-order valence-electron chi connectivity index (χ4n) is 6.35. The van der Waals surface area contributed by atoms with E-state index in [-0.39, 0.29) is 16.9 Å². The molecule has 6 nitrogen and oxygen atoms in total. The van der Waals surface area contributed by atoms with Gasteiger partial charge in [-0.25, -0.2) is 4.79 Å². The van der Waals surface area contributed by atoms with Gasteiger partial charge < -0.3 is 20.3 Å². The zero-order valence-electron chi connectivity index (χ0n) is 17.4. The van der Waals surface area contributed by atoms with Crippen molar-refractivity contribution in [3.05, 3.63) is 29.8 Å². The third-order valence-electron chi connectivity index (χ3n) is 7.28. The van der Waals surface area contributed by atoms with E-state index in [9.17, 15) is 9.59 Å². The minimum Gasteiger partial charge on any atom is -0.410 e. The molecule has 1 heterocycles. The summed E-state index contributed by atoms with van der Waals surface area (Å²) in [4.78, 5) is 26.7. The SMILES string of the molecule is O=C(NC12CC3CC(CC(C3)C1)C2)Oc1ccc(CSC(=O)N2CCNCC2)cc1. The Bertz CT molecular complexity index is 756. The van der Waals surface area contributed by atoms with Gasteiger partial charge in [0.25, 0.3) is 5.24 Å². The summed E-state index contributed by atoms with van der Waals surface area (Å²) >= 11 is 1.33. The van der Waals surface area contributed by atoms with Crippen LogP contribution in [0.1, 0.15) is 44.1 Å². The summed E-state index contributed by atoms with van der Waals surface area (Å²) in [5.74, 6) is 3.55. The number of hydrogen-bond acceptors (Lipinski definition) is 5. The van der Waals surface area contributed by atoms with Crippen LogP contribution in [0.4, 0.5) is 9.59 Å². The van der Waals surface area contributed by atoms with Crippen LogP contribution in [0.2, 0.25) is 0 Å². The summed E-state index contributed by atoms with van der Waals surface area (Å²) < 4.78 is 5.59. The number of carbonyl (C=O) groups is 2. The maximum atomic E-state index is 12.6. The summed E-state index contributed by atoms with van der Waals surface area (Å²) in [7, 11) is 0. The molecule has 0 spiro atoms. The first-order valence-electron chi connectivity index (χ1n) is 11.3. The number of thioether (sulfide) groups is 1. The predicted octanol–water partition coefficient (Wildman–Crippen LogP) is 4.00. The zero-order valence-corrected chi connectivity index (χ0v) is 18.2. The molecule has 5 fully saturated rings. The van der Waals surface area contributed by atoms with E-state index in [1.165, 1.54) is 31.0 Å². The average Bonchev–Trinajstić information content (AvgIpc) is 2.72. The molecule has 1 aromatic rings. The molecule has 1 saturated heterocycles. The lowest BCUT2D eigenvalue weighted by Gasteiger charge is -2.56. The van der Waals surface area contributed by atoms with Crippen LogP contribution in [0, 0.1) is 17.8 Å². The standard InChI is InChI=1S/C23H31N3O3S/c27-21(25-23-12-17-9-18(13-23)11-19(10-17)14-23)29-20-3-1-16(2-4-20)15-30-22(28)26-7-5-24-6-8-26/h1-4,17-19,24H,5-15H2,(H,25,27). The van der Waals surface area contributed by atoms with Gasteiger partial charge in [0.1, 0.15) is 5.75 Å². The molecule has 0 atom stereocenters. The van der Waals surface area contributed by atoms with Crippen molar-refractivity contribution in [2.24, 2.45) is 17.8 Å². The lowest BCUT2D eigenvalue weighted by molar-refractivity contribution is -0.0161. The molecular formula is C23H31N3O3S. The number of benzene rings is 1. The van der Waals surface area contributed by atoms with Crippen LogP contribution in [0.15, 0.2) is 24.3 Å². The van der Waals surface area contributed by atoms with Gasteiger partial charge in [-0.3, -0.25) is 4.79 Å². The summed E-state index contributed by atoms with van der Waals surface area (Å²) in [6.45, 7) is 3.28. The minimum atomic E-state index is -0.326. The Morgan fingerprint density at radius 2 is 1.63 bits per heavy atom. The van der Waals surface area contributed by atoms with Gasteiger partial charge in [-0.15, -0.1) is 0 Å². The highest BCUT2D eigenvalue weighted by Crippen LogP contribution is 2.55. The molecule has 162 valence electrons. The third-order valence-corrected chi connectivity index (χ3v) is 8.26. The second kappa shape index (κ2) is 8.42. The fraction of sp³-hybridized carbons (Fsp3) is 0.652. The molecule has 0 radical (unpaired) electrons. The van der Waals surface area contributed by atoms with E-state index >= 15 is 0 Å². The van der Waals surface area contributed by atoms with Gasteiger partial charge in [-0.05, 0) is 74.0 Å². The van der Waals surface area contributed by atoms with Gasteiger partial charge >= 0.3 is 6.09 Å². The van der Waals surface area contributed by atoms with Crippen LogP contribution in [-0.2, 0) is 5.75 Å². The molecule has 1 aromatic carbocycles. The molecule has 0 unspecified atom stereocenters. The molecule has 6 rings (SSSR count). The predicted molar refractivity (Wildman–Crippen MR) is 118 cm³/mol. The molecule has 4 bridgehead atoms. The number of ether oxygens (including phenoxy) is 1. The number of rotatable bonds is 4. The normalized spacial score (nSPS) is 32.1. The second-order valence-corrected chi connectivity index (χ2v) is 10.6. The van der Waals surface area contributed by atoms with Gasteiger partial charge in [0.15, 0.2) is 0 Å². The highest BCUT2D eigenvalue weighted by Gasteiger charge is 2.51. The van der Waals surface area contributed by atoms with Gasteiger partial charge in [0.05, 0.1) is 0 Å². The van der Waals surface area contributed by atoms with E-state index in [0.29, 0.717) is 11.5 Å². The van der Waals surface area contributed by atoms with Crippen LogP contribution >= 0.6 is 11.8 Å². The van der Waals surface area contributed by atoms with Crippen LogP contribution in [0.25, 0.3) is 0 Å². The first-order valence-corrected chi connectivity index (χ1v) is 12.3. The van der Waals surface area contributed by atoms with E-state index in [0.717, 1.165) is 68.8 Å². The van der Waals surface area contributed by atoms with Crippen molar-refractivity contribution in [2.75, 3.05) is 26.2 Å². The van der Waals surface area contributed by atoms with E-state index < -0.39 is 0 Å². The van der Waals surface area contributed by atoms with E-state index in [4.69, 9.17) is 4.74 Å². The van der Waals surface area contributed by atoms with Crippen molar-refractivity contribution >= 4 is 23.1 Å². The molecule has 2 N–H and O–H groups in total.